The molecule has 2 atom stereocenters. The third-order valence-corrected chi connectivity index (χ3v) is 7.88. The summed E-state index contributed by atoms with van der Waals surface area (Å²) >= 11 is 0. The van der Waals surface area contributed by atoms with Crippen molar-refractivity contribution in [2.24, 2.45) is 17.8 Å². The van der Waals surface area contributed by atoms with E-state index in [0.717, 1.165) is 43.9 Å². The summed E-state index contributed by atoms with van der Waals surface area (Å²) in [6, 6.07) is 10.00. The first-order chi connectivity index (χ1) is 15.6. The van der Waals surface area contributed by atoms with Gasteiger partial charge in [0.2, 0.25) is 5.95 Å². The lowest BCUT2D eigenvalue weighted by Crippen LogP contribution is -2.52. The SMILES string of the molecule is CC(C)C(=O)[C@H]1CC[C@H](Cc2ccc(-c3cnc(N4C5CCC4CNC5)nc3)cc2)CC1. The molecule has 3 heterocycles. The van der Waals surface area contributed by atoms with Crippen molar-refractivity contribution in [1.29, 1.82) is 0 Å². The van der Waals surface area contributed by atoms with Crippen LogP contribution in [0.25, 0.3) is 11.1 Å². The number of Topliss-reactive ketones (excluding diaryl/α,β-unsaturated/α-hetero) is 1. The maximum absolute atomic E-state index is 12.3. The van der Waals surface area contributed by atoms with E-state index in [9.17, 15) is 4.79 Å². The molecule has 32 heavy (non-hydrogen) atoms. The molecule has 2 aliphatic heterocycles. The highest BCUT2D eigenvalue weighted by molar-refractivity contribution is 5.82. The molecule has 2 unspecified atom stereocenters. The molecule has 170 valence electrons. The number of carbonyl (C=O) groups excluding carboxylic acids is 1. The smallest absolute Gasteiger partial charge is 0.225 e. The number of piperazine rings is 1. The molecule has 0 amide bonds. The number of anilines is 1. The zero-order valence-corrected chi connectivity index (χ0v) is 19.5. The molecule has 5 nitrogen and oxygen atoms in total. The zero-order chi connectivity index (χ0) is 22.1. The minimum absolute atomic E-state index is 0.175. The predicted molar refractivity (Wildman–Crippen MR) is 129 cm³/mol. The van der Waals surface area contributed by atoms with Gasteiger partial charge >= 0.3 is 0 Å². The number of carbonyl (C=O) groups is 1. The molecule has 2 saturated heterocycles. The third kappa shape index (κ3) is 4.45. The molecular formula is C27H36N4O. The summed E-state index contributed by atoms with van der Waals surface area (Å²) in [5.74, 6) is 2.52. The number of nitrogens with one attached hydrogen (secondary N) is 1. The monoisotopic (exact) mass is 432 g/mol. The van der Waals surface area contributed by atoms with Crippen LogP contribution in [-0.2, 0) is 11.2 Å². The summed E-state index contributed by atoms with van der Waals surface area (Å²) in [5.41, 5.74) is 3.65. The maximum Gasteiger partial charge on any atom is 0.225 e. The van der Waals surface area contributed by atoms with Crippen LogP contribution in [0.2, 0.25) is 0 Å². The van der Waals surface area contributed by atoms with E-state index in [4.69, 9.17) is 9.97 Å². The Morgan fingerprint density at radius 3 is 2.16 bits per heavy atom. The zero-order valence-electron chi connectivity index (χ0n) is 19.5. The Morgan fingerprint density at radius 1 is 0.938 bits per heavy atom. The number of benzene rings is 1. The number of aromatic nitrogens is 2. The molecule has 2 bridgehead atoms. The van der Waals surface area contributed by atoms with Crippen LogP contribution in [0.1, 0.15) is 57.9 Å². The lowest BCUT2D eigenvalue weighted by atomic mass is 9.76. The van der Waals surface area contributed by atoms with Crippen LogP contribution in [0.5, 0.6) is 0 Å². The second-order valence-corrected chi connectivity index (χ2v) is 10.4. The highest BCUT2D eigenvalue weighted by Gasteiger charge is 2.37. The van der Waals surface area contributed by atoms with E-state index >= 15 is 0 Å². The van der Waals surface area contributed by atoms with Gasteiger partial charge in [0.15, 0.2) is 0 Å². The van der Waals surface area contributed by atoms with Gasteiger partial charge in [-0.3, -0.25) is 4.79 Å². The van der Waals surface area contributed by atoms with Crippen LogP contribution in [0.3, 0.4) is 0 Å². The van der Waals surface area contributed by atoms with Crippen molar-refractivity contribution in [3.05, 3.63) is 42.2 Å². The van der Waals surface area contributed by atoms with E-state index in [2.05, 4.69) is 34.5 Å². The minimum Gasteiger partial charge on any atom is -0.332 e. The fourth-order valence-electron chi connectivity index (χ4n) is 6.00. The number of rotatable bonds is 6. The number of hydrogen-bond donors (Lipinski definition) is 1. The van der Waals surface area contributed by atoms with Crippen LogP contribution in [0, 0.1) is 17.8 Å². The largest absolute Gasteiger partial charge is 0.332 e. The quantitative estimate of drug-likeness (QED) is 0.720. The predicted octanol–water partition coefficient (Wildman–Crippen LogP) is 4.66. The van der Waals surface area contributed by atoms with Crippen molar-refractivity contribution in [3.63, 3.8) is 0 Å². The Hall–Kier alpha value is -2.27. The Labute approximate surface area is 192 Å². The van der Waals surface area contributed by atoms with Crippen LogP contribution in [0.4, 0.5) is 5.95 Å². The molecule has 3 fully saturated rings. The molecule has 0 spiro atoms. The van der Waals surface area contributed by atoms with Gasteiger partial charge in [-0.15, -0.1) is 0 Å². The van der Waals surface area contributed by atoms with Crippen molar-refractivity contribution in [2.75, 3.05) is 18.0 Å². The van der Waals surface area contributed by atoms with Gasteiger partial charge in [-0.1, -0.05) is 38.1 Å². The van der Waals surface area contributed by atoms with Crippen LogP contribution >= 0.6 is 0 Å². The fraction of sp³-hybridized carbons (Fsp3) is 0.593. The van der Waals surface area contributed by atoms with E-state index in [1.54, 1.807) is 0 Å². The van der Waals surface area contributed by atoms with Gasteiger partial charge in [0.05, 0.1) is 0 Å². The van der Waals surface area contributed by atoms with Gasteiger partial charge in [0.25, 0.3) is 0 Å². The molecule has 2 aromatic rings. The molecule has 1 N–H and O–H groups in total. The van der Waals surface area contributed by atoms with Crippen LogP contribution in [0.15, 0.2) is 36.7 Å². The molecule has 5 rings (SSSR count). The molecule has 5 heteroatoms. The summed E-state index contributed by atoms with van der Waals surface area (Å²) in [6.45, 7) is 6.14. The van der Waals surface area contributed by atoms with Gasteiger partial charge in [-0.2, -0.15) is 0 Å². The average molecular weight is 433 g/mol. The Balaban J connectivity index is 1.18. The molecule has 1 aromatic carbocycles. The summed E-state index contributed by atoms with van der Waals surface area (Å²) < 4.78 is 0. The van der Waals surface area contributed by atoms with Gasteiger partial charge < -0.3 is 10.2 Å². The van der Waals surface area contributed by atoms with E-state index < -0.39 is 0 Å². The maximum atomic E-state index is 12.3. The summed E-state index contributed by atoms with van der Waals surface area (Å²) in [5, 5.41) is 3.52. The molecular weight excluding hydrogens is 396 g/mol. The van der Waals surface area contributed by atoms with Gasteiger partial charge in [0.1, 0.15) is 5.78 Å². The topological polar surface area (TPSA) is 58.1 Å². The molecule has 1 aromatic heterocycles. The van der Waals surface area contributed by atoms with Crippen molar-refractivity contribution in [3.8, 4) is 11.1 Å². The van der Waals surface area contributed by atoms with Crippen LogP contribution < -0.4 is 10.2 Å². The lowest BCUT2D eigenvalue weighted by molar-refractivity contribution is -0.127. The number of nitrogens with zero attached hydrogens (tertiary/aromatic N) is 3. The first-order valence-electron chi connectivity index (χ1n) is 12.5. The summed E-state index contributed by atoms with van der Waals surface area (Å²) in [6.07, 6.45) is 12.0. The van der Waals surface area contributed by atoms with Crippen molar-refractivity contribution >= 4 is 11.7 Å². The number of hydrogen-bond acceptors (Lipinski definition) is 5. The van der Waals surface area contributed by atoms with Gasteiger partial charge in [-0.05, 0) is 62.0 Å². The lowest BCUT2D eigenvalue weighted by Gasteiger charge is -2.35. The highest BCUT2D eigenvalue weighted by atomic mass is 16.1. The van der Waals surface area contributed by atoms with Crippen molar-refractivity contribution < 1.29 is 4.79 Å². The Morgan fingerprint density at radius 2 is 1.56 bits per heavy atom. The summed E-state index contributed by atoms with van der Waals surface area (Å²) in [7, 11) is 0. The van der Waals surface area contributed by atoms with E-state index in [-0.39, 0.29) is 5.92 Å². The minimum atomic E-state index is 0.175. The standard InChI is InChI=1S/C27H36N4O/c1-18(2)26(32)22-9-5-20(6-10-22)13-19-3-7-21(8-4-19)23-14-29-27(30-15-23)31-24-11-12-25(31)17-28-16-24/h3-4,7-8,14-15,18,20,22,24-25,28H,5-6,9-13,16-17H2,1-2H3/t20-,22-,24?,25?. The highest BCUT2D eigenvalue weighted by Crippen LogP contribution is 2.34. The van der Waals surface area contributed by atoms with E-state index in [0.29, 0.717) is 29.7 Å². The normalized spacial score (nSPS) is 27.7. The number of fused-ring (bicyclic) bond motifs is 2. The second kappa shape index (κ2) is 9.30. The Bertz CT molecular complexity index is 900. The Kier molecular flexibility index (Phi) is 6.27. The molecule has 1 saturated carbocycles. The molecule has 1 aliphatic carbocycles. The number of ketones is 1. The first-order valence-corrected chi connectivity index (χ1v) is 12.5. The fourth-order valence-corrected chi connectivity index (χ4v) is 6.00. The molecule has 3 aliphatic rings. The van der Waals surface area contributed by atoms with Crippen LogP contribution in [-0.4, -0.2) is 40.9 Å². The second-order valence-electron chi connectivity index (χ2n) is 10.4. The van der Waals surface area contributed by atoms with Crippen molar-refractivity contribution in [2.45, 2.75) is 70.9 Å². The van der Waals surface area contributed by atoms with E-state index in [1.165, 1.54) is 36.8 Å². The molecule has 0 radical (unpaired) electrons. The van der Waals surface area contributed by atoms with E-state index in [1.807, 2.05) is 26.2 Å². The summed E-state index contributed by atoms with van der Waals surface area (Å²) in [4.78, 5) is 24.1. The van der Waals surface area contributed by atoms with Gasteiger partial charge in [-0.25, -0.2) is 9.97 Å². The van der Waals surface area contributed by atoms with Crippen molar-refractivity contribution in [1.82, 2.24) is 15.3 Å². The first kappa shape index (κ1) is 21.6. The average Bonchev–Trinajstić information content (AvgIpc) is 3.07. The third-order valence-electron chi connectivity index (χ3n) is 7.88. The van der Waals surface area contributed by atoms with Gasteiger partial charge in [0, 0.05) is 55.0 Å².